The van der Waals surface area contributed by atoms with Gasteiger partial charge in [0.2, 0.25) is 0 Å². The van der Waals surface area contributed by atoms with Gasteiger partial charge < -0.3 is 15.1 Å². The molecule has 0 bridgehead atoms. The Morgan fingerprint density at radius 2 is 2.12 bits per heavy atom. The number of allylic oxidation sites excluding steroid dienone is 2. The molecule has 5 atom stereocenters. The normalized spacial score (nSPS) is 28.4. The van der Waals surface area contributed by atoms with E-state index in [4.69, 9.17) is 5.11 Å². The van der Waals surface area contributed by atoms with Crippen molar-refractivity contribution in [2.75, 3.05) is 20.2 Å². The number of halogens is 1. The number of benzene rings is 1. The lowest BCUT2D eigenvalue weighted by Gasteiger charge is -2.50. The van der Waals surface area contributed by atoms with Gasteiger partial charge in [-0.15, -0.1) is 0 Å². The molecular weight excluding hydrogens is 431 g/mol. The van der Waals surface area contributed by atoms with E-state index >= 15 is 0 Å². The Balaban J connectivity index is 1.36. The van der Waals surface area contributed by atoms with Crippen LogP contribution >= 0.6 is 0 Å². The average Bonchev–Trinajstić information content (AvgIpc) is 3.20. The first-order valence-electron chi connectivity index (χ1n) is 12.3. The van der Waals surface area contributed by atoms with Crippen LogP contribution in [0, 0.1) is 23.1 Å². The lowest BCUT2D eigenvalue weighted by Crippen LogP contribution is -2.41. The third kappa shape index (κ3) is 3.87. The highest BCUT2D eigenvalue weighted by molar-refractivity contribution is 5.94. The summed E-state index contributed by atoms with van der Waals surface area (Å²) in [6.07, 6.45) is 9.64. The van der Waals surface area contributed by atoms with E-state index in [9.17, 15) is 14.3 Å². The van der Waals surface area contributed by atoms with E-state index in [0.29, 0.717) is 23.3 Å². The van der Waals surface area contributed by atoms with Crippen molar-refractivity contribution in [3.05, 3.63) is 70.8 Å². The Bertz CT molecular complexity index is 1130. The maximum Gasteiger partial charge on any atom is 0.253 e. The summed E-state index contributed by atoms with van der Waals surface area (Å²) >= 11 is 0. The van der Waals surface area contributed by atoms with Crippen LogP contribution in [-0.2, 0) is 6.42 Å². The third-order valence-corrected chi connectivity index (χ3v) is 8.61. The van der Waals surface area contributed by atoms with Crippen LogP contribution in [0.1, 0.15) is 65.6 Å². The van der Waals surface area contributed by atoms with Crippen molar-refractivity contribution >= 4 is 11.5 Å². The van der Waals surface area contributed by atoms with Gasteiger partial charge in [-0.25, -0.2) is 4.39 Å². The molecular formula is C28H33FN2O3. The van der Waals surface area contributed by atoms with Crippen LogP contribution in [0.15, 0.2) is 42.7 Å². The molecule has 1 aromatic carbocycles. The van der Waals surface area contributed by atoms with Gasteiger partial charge >= 0.3 is 0 Å². The molecule has 1 amide bonds. The lowest BCUT2D eigenvalue weighted by molar-refractivity contribution is 0.0520. The number of aliphatic hydroxyl groups is 2. The van der Waals surface area contributed by atoms with E-state index in [1.165, 1.54) is 27.8 Å². The molecule has 34 heavy (non-hydrogen) atoms. The van der Waals surface area contributed by atoms with Crippen LogP contribution in [0.2, 0.25) is 0 Å². The smallest absolute Gasteiger partial charge is 0.253 e. The second-order valence-corrected chi connectivity index (χ2v) is 10.6. The molecule has 1 aromatic heterocycles. The van der Waals surface area contributed by atoms with Crippen LogP contribution < -0.4 is 0 Å². The lowest BCUT2D eigenvalue weighted by atomic mass is 9.54. The predicted octanol–water partition coefficient (Wildman–Crippen LogP) is 4.20. The maximum absolute atomic E-state index is 13.9. The Hall–Kier alpha value is -2.57. The quantitative estimate of drug-likeness (QED) is 0.696. The van der Waals surface area contributed by atoms with E-state index in [1.54, 1.807) is 19.3 Å². The summed E-state index contributed by atoms with van der Waals surface area (Å²) in [5.41, 5.74) is 5.47. The summed E-state index contributed by atoms with van der Waals surface area (Å²) in [5, 5.41) is 18.7. The molecule has 3 aliphatic rings. The number of pyridine rings is 1. The number of carbonyl (C=O) groups is 1. The number of aryl methyl sites for hydroxylation is 1. The monoisotopic (exact) mass is 464 g/mol. The van der Waals surface area contributed by atoms with Crippen molar-refractivity contribution in [2.45, 2.75) is 51.0 Å². The fourth-order valence-corrected chi connectivity index (χ4v) is 6.97. The Kier molecular flexibility index (Phi) is 6.07. The molecule has 1 fully saturated rings. The Morgan fingerprint density at radius 3 is 2.88 bits per heavy atom. The molecule has 0 radical (unpaired) electrons. The number of aliphatic hydroxyl groups excluding tert-OH is 2. The van der Waals surface area contributed by atoms with Gasteiger partial charge in [0.15, 0.2) is 0 Å². The Labute approximate surface area is 200 Å². The van der Waals surface area contributed by atoms with Gasteiger partial charge in [0.1, 0.15) is 5.82 Å². The van der Waals surface area contributed by atoms with Crippen LogP contribution in [0.5, 0.6) is 0 Å². The van der Waals surface area contributed by atoms with Gasteiger partial charge in [-0.05, 0) is 95.7 Å². The van der Waals surface area contributed by atoms with Gasteiger partial charge in [-0.1, -0.05) is 19.1 Å². The number of fused-ring (bicyclic) bond motifs is 5. The third-order valence-electron chi connectivity index (χ3n) is 8.61. The minimum Gasteiger partial charge on any atom is -0.394 e. The fourth-order valence-electron chi connectivity index (χ4n) is 6.97. The number of amides is 1. The Morgan fingerprint density at radius 1 is 1.29 bits per heavy atom. The number of likely N-dealkylation sites (N-methyl/N-ethyl adjacent to an activating group) is 1. The zero-order valence-corrected chi connectivity index (χ0v) is 19.9. The van der Waals surface area contributed by atoms with Crippen molar-refractivity contribution in [1.82, 2.24) is 9.88 Å². The van der Waals surface area contributed by atoms with E-state index in [-0.39, 0.29) is 30.3 Å². The highest BCUT2D eigenvalue weighted by atomic mass is 19.1. The molecule has 2 N–H and O–H groups in total. The van der Waals surface area contributed by atoms with Crippen molar-refractivity contribution in [3.63, 3.8) is 0 Å². The summed E-state index contributed by atoms with van der Waals surface area (Å²) < 4.78 is 13.9. The van der Waals surface area contributed by atoms with Crippen molar-refractivity contribution in [3.8, 4) is 0 Å². The SMILES string of the molecule is CN(CC(O)CO)C(=O)c1ccc2c(c1)CC[C@@H]1[C@@H]2CC[C@]2(C)C(c3cncc(F)c3)=CC[C@@H]12. The summed E-state index contributed by atoms with van der Waals surface area (Å²) in [6.45, 7) is 2.09. The first-order chi connectivity index (χ1) is 16.3. The first kappa shape index (κ1) is 23.2. The molecule has 1 saturated carbocycles. The molecule has 5 nitrogen and oxygen atoms in total. The second-order valence-electron chi connectivity index (χ2n) is 10.6. The number of hydrogen-bond donors (Lipinski definition) is 2. The molecule has 5 rings (SSSR count). The number of aromatic nitrogens is 1. The van der Waals surface area contributed by atoms with Gasteiger partial charge in [-0.2, -0.15) is 0 Å². The standard InChI is InChI=1S/C28H33FN2O3/c1-28-10-9-23-22-5-4-18(27(34)31(2)15-21(33)16-32)11-17(22)3-6-24(23)26(28)8-7-25(28)19-12-20(29)14-30-13-19/h4-5,7,11-14,21,23-24,26,32-33H,3,6,8-10,15-16H2,1-2H3/t21?,23-,24-,26+,28-/m1/s1. The van der Waals surface area contributed by atoms with Crippen molar-refractivity contribution in [1.29, 1.82) is 0 Å². The minimum absolute atomic E-state index is 0.0420. The average molecular weight is 465 g/mol. The molecule has 0 aliphatic heterocycles. The van der Waals surface area contributed by atoms with Crippen LogP contribution in [0.4, 0.5) is 4.39 Å². The van der Waals surface area contributed by atoms with E-state index < -0.39 is 6.10 Å². The molecule has 3 aliphatic carbocycles. The largest absolute Gasteiger partial charge is 0.394 e. The highest BCUT2D eigenvalue weighted by Gasteiger charge is 2.52. The highest BCUT2D eigenvalue weighted by Crippen LogP contribution is 2.63. The number of hydrogen-bond acceptors (Lipinski definition) is 4. The first-order valence-corrected chi connectivity index (χ1v) is 12.3. The summed E-state index contributed by atoms with van der Waals surface area (Å²) in [6, 6.07) is 7.69. The topological polar surface area (TPSA) is 73.7 Å². The van der Waals surface area contributed by atoms with E-state index in [0.717, 1.165) is 37.7 Å². The summed E-state index contributed by atoms with van der Waals surface area (Å²) in [5.74, 6) is 1.17. The molecule has 1 unspecified atom stereocenters. The molecule has 1 heterocycles. The van der Waals surface area contributed by atoms with Crippen molar-refractivity contribution < 1.29 is 19.4 Å². The number of nitrogens with zero attached hydrogens (tertiary/aromatic N) is 2. The molecule has 6 heteroatoms. The zero-order chi connectivity index (χ0) is 24.0. The van der Waals surface area contributed by atoms with Crippen molar-refractivity contribution in [2.24, 2.45) is 17.3 Å². The van der Waals surface area contributed by atoms with Gasteiger partial charge in [0.25, 0.3) is 5.91 Å². The molecule has 0 spiro atoms. The van der Waals surface area contributed by atoms with Crippen LogP contribution in [0.3, 0.4) is 0 Å². The molecule has 2 aromatic rings. The van der Waals surface area contributed by atoms with Gasteiger partial charge in [0, 0.05) is 25.4 Å². The molecule has 180 valence electrons. The van der Waals surface area contributed by atoms with E-state index in [1.807, 2.05) is 12.1 Å². The van der Waals surface area contributed by atoms with Crippen LogP contribution in [0.25, 0.3) is 5.57 Å². The summed E-state index contributed by atoms with van der Waals surface area (Å²) in [7, 11) is 1.65. The zero-order valence-electron chi connectivity index (χ0n) is 19.9. The second kappa shape index (κ2) is 8.90. The number of carbonyl (C=O) groups excluding carboxylic acids is 1. The van der Waals surface area contributed by atoms with Crippen LogP contribution in [-0.4, -0.2) is 52.3 Å². The number of rotatable bonds is 5. The fraction of sp³-hybridized carbons (Fsp3) is 0.500. The van der Waals surface area contributed by atoms with Gasteiger partial charge in [0.05, 0.1) is 18.9 Å². The maximum atomic E-state index is 13.9. The van der Waals surface area contributed by atoms with Gasteiger partial charge in [-0.3, -0.25) is 9.78 Å². The predicted molar refractivity (Wildman–Crippen MR) is 129 cm³/mol. The van der Waals surface area contributed by atoms with E-state index in [2.05, 4.69) is 24.1 Å². The minimum atomic E-state index is -0.933. The summed E-state index contributed by atoms with van der Waals surface area (Å²) in [4.78, 5) is 18.4. The molecule has 0 saturated heterocycles.